The molecule has 10 nitrogen and oxygen atoms in total. The van der Waals surface area contributed by atoms with Crippen LogP contribution in [0.2, 0.25) is 0 Å². The zero-order chi connectivity index (χ0) is 39.2. The Labute approximate surface area is 324 Å². The molecule has 3 aliphatic rings. The number of Topliss-reactive ketones (excluding diaryl/α,β-unsaturated/α-hetero) is 1. The van der Waals surface area contributed by atoms with Crippen molar-refractivity contribution in [3.05, 3.63) is 179 Å². The van der Waals surface area contributed by atoms with E-state index >= 15 is 0 Å². The highest BCUT2D eigenvalue weighted by Crippen LogP contribution is 2.40. The molecule has 0 atom stereocenters. The van der Waals surface area contributed by atoms with Gasteiger partial charge >= 0.3 is 12.1 Å². The molecule has 10 heteroatoms. The van der Waals surface area contributed by atoms with Crippen LogP contribution in [0.5, 0.6) is 0 Å². The second-order valence-corrected chi connectivity index (χ2v) is 12.9. The summed E-state index contributed by atoms with van der Waals surface area (Å²) in [7, 11) is 3.32. The molecular weight excluding hydrogens is 703 g/mol. The molecule has 3 heterocycles. The zero-order valence-electron chi connectivity index (χ0n) is 30.8. The van der Waals surface area contributed by atoms with E-state index in [1.807, 2.05) is 97.1 Å². The van der Waals surface area contributed by atoms with Crippen molar-refractivity contribution in [1.82, 2.24) is 0 Å². The standard InChI is InChI=1S/C16H14N2O2.C15H12N2O2.C15H13NO/c1-20-15-10-11-6-2-4-8-13(11)18(16(17)19)14-9-5-3-7-12(14)15;16-15(19)17-12-7-3-1-5-10(12)9-14(18)11-6-2-4-8-13(11)17;1-17-15-10-11-6-2-4-8-13(11)16-14-9-5-3-7-12(14)15/h2-10H,1H3,(H2,17,19);1-8H,9H2,(H2,16,19);2-10,16H,1H3. The van der Waals surface area contributed by atoms with Crippen LogP contribution in [0.3, 0.4) is 0 Å². The average molecular weight is 742 g/mol. The summed E-state index contributed by atoms with van der Waals surface area (Å²) in [5, 5.41) is 3.44. The quantitative estimate of drug-likeness (QED) is 0.161. The summed E-state index contributed by atoms with van der Waals surface area (Å²) in [4.78, 5) is 38.9. The summed E-state index contributed by atoms with van der Waals surface area (Å²) in [5.74, 6) is 1.58. The van der Waals surface area contributed by atoms with Crippen molar-refractivity contribution in [2.45, 2.75) is 6.42 Å². The number of anilines is 6. The zero-order valence-corrected chi connectivity index (χ0v) is 30.8. The van der Waals surface area contributed by atoms with Crippen LogP contribution in [-0.4, -0.2) is 32.1 Å². The number of methoxy groups -OCH3 is 2. The van der Waals surface area contributed by atoms with E-state index in [1.54, 1.807) is 44.6 Å². The highest BCUT2D eigenvalue weighted by atomic mass is 16.5. The van der Waals surface area contributed by atoms with Crippen molar-refractivity contribution >= 4 is 75.6 Å². The lowest BCUT2D eigenvalue weighted by Gasteiger charge is -2.22. The third-order valence-corrected chi connectivity index (χ3v) is 9.49. The highest BCUT2D eigenvalue weighted by molar-refractivity contribution is 6.12. The fourth-order valence-corrected chi connectivity index (χ4v) is 6.94. The summed E-state index contributed by atoms with van der Waals surface area (Å²) in [6.45, 7) is 0. The number of carbonyl (C=O) groups is 3. The Bertz CT molecular complexity index is 2530. The molecule has 5 N–H and O–H groups in total. The van der Waals surface area contributed by atoms with Crippen molar-refractivity contribution in [1.29, 1.82) is 0 Å². The first kappa shape index (κ1) is 36.8. The van der Waals surface area contributed by atoms with Gasteiger partial charge in [-0.3, -0.25) is 14.6 Å². The maximum absolute atomic E-state index is 12.3. The summed E-state index contributed by atoms with van der Waals surface area (Å²) in [6, 6.07) is 44.7. The molecule has 0 fully saturated rings. The molecule has 0 unspecified atom stereocenters. The van der Waals surface area contributed by atoms with E-state index in [9.17, 15) is 14.4 Å². The van der Waals surface area contributed by atoms with Gasteiger partial charge in [0, 0.05) is 45.6 Å². The summed E-state index contributed by atoms with van der Waals surface area (Å²) >= 11 is 0. The smallest absolute Gasteiger partial charge is 0.323 e. The third kappa shape index (κ3) is 7.31. The molecule has 278 valence electrons. The normalized spacial score (nSPS) is 13.0. The van der Waals surface area contributed by atoms with Crippen LogP contribution in [-0.2, 0) is 15.9 Å². The van der Waals surface area contributed by atoms with Gasteiger partial charge in [-0.05, 0) is 72.3 Å². The van der Waals surface area contributed by atoms with Gasteiger partial charge in [0.15, 0.2) is 5.78 Å². The maximum atomic E-state index is 12.3. The molecule has 9 rings (SSSR count). The van der Waals surface area contributed by atoms with Gasteiger partial charge in [-0.15, -0.1) is 0 Å². The minimum Gasteiger partial charge on any atom is -0.496 e. The van der Waals surface area contributed by atoms with Gasteiger partial charge in [-0.1, -0.05) is 91.0 Å². The second-order valence-electron chi connectivity index (χ2n) is 12.9. The molecule has 0 aromatic heterocycles. The number of fused-ring (bicyclic) bond motifs is 6. The number of nitrogens with one attached hydrogen (secondary N) is 1. The van der Waals surface area contributed by atoms with Gasteiger partial charge in [-0.2, -0.15) is 0 Å². The minimum atomic E-state index is -0.588. The van der Waals surface area contributed by atoms with Gasteiger partial charge in [0.1, 0.15) is 11.5 Å². The molecule has 4 amide bonds. The van der Waals surface area contributed by atoms with Crippen molar-refractivity contribution < 1.29 is 23.9 Å². The molecule has 0 radical (unpaired) electrons. The Morgan fingerprint density at radius 2 is 0.964 bits per heavy atom. The lowest BCUT2D eigenvalue weighted by atomic mass is 10.0. The van der Waals surface area contributed by atoms with Crippen molar-refractivity contribution in [3.63, 3.8) is 0 Å². The van der Waals surface area contributed by atoms with E-state index in [4.69, 9.17) is 20.9 Å². The summed E-state index contributed by atoms with van der Waals surface area (Å²) in [5.41, 5.74) is 21.2. The number of urea groups is 2. The number of nitrogens with zero attached hydrogens (tertiary/aromatic N) is 2. The van der Waals surface area contributed by atoms with Crippen LogP contribution in [0.25, 0.3) is 23.7 Å². The molecule has 6 aromatic rings. The first-order chi connectivity index (χ1) is 27.3. The maximum Gasteiger partial charge on any atom is 0.323 e. The molecule has 0 spiro atoms. The molecule has 3 aliphatic heterocycles. The molecule has 0 saturated carbocycles. The Kier molecular flexibility index (Phi) is 10.6. The van der Waals surface area contributed by atoms with Gasteiger partial charge in [0.2, 0.25) is 0 Å². The molecule has 56 heavy (non-hydrogen) atoms. The lowest BCUT2D eigenvalue weighted by Crippen LogP contribution is -2.32. The Morgan fingerprint density at radius 3 is 1.62 bits per heavy atom. The molecule has 0 saturated heterocycles. The van der Waals surface area contributed by atoms with Crippen LogP contribution in [0.15, 0.2) is 146 Å². The Morgan fingerprint density at radius 1 is 0.518 bits per heavy atom. The monoisotopic (exact) mass is 741 g/mol. The van der Waals surface area contributed by atoms with Crippen LogP contribution >= 0.6 is 0 Å². The minimum absolute atomic E-state index is 0.00759. The number of nitrogens with two attached hydrogens (primary N) is 2. The third-order valence-electron chi connectivity index (χ3n) is 9.49. The number of para-hydroxylation sites is 6. The number of hydrogen-bond donors (Lipinski definition) is 3. The predicted octanol–water partition coefficient (Wildman–Crippen LogP) is 9.89. The van der Waals surface area contributed by atoms with E-state index < -0.39 is 12.1 Å². The average Bonchev–Trinajstić information content (AvgIpc) is 3.54. The van der Waals surface area contributed by atoms with Crippen LogP contribution in [0, 0.1) is 0 Å². The Balaban J connectivity index is 0.000000129. The lowest BCUT2D eigenvalue weighted by molar-refractivity contribution is 0.0994. The number of ether oxygens (including phenoxy) is 2. The van der Waals surface area contributed by atoms with Gasteiger partial charge in [0.05, 0.1) is 37.0 Å². The Hall–Kier alpha value is -7.59. The van der Waals surface area contributed by atoms with Crippen LogP contribution in [0.4, 0.5) is 43.7 Å². The number of hydrogen-bond acceptors (Lipinski definition) is 6. The predicted molar refractivity (Wildman–Crippen MR) is 223 cm³/mol. The van der Waals surface area contributed by atoms with Crippen molar-refractivity contribution in [3.8, 4) is 0 Å². The SMILES string of the molecule is COC1=Cc2ccccc2N(C(N)=O)c2ccccc21.COC1=Cc2ccccc2Nc2ccccc21.NC(=O)N1c2ccccc2CC(=O)c2ccccc21. The summed E-state index contributed by atoms with van der Waals surface area (Å²) < 4.78 is 10.9. The number of ketones is 1. The van der Waals surface area contributed by atoms with Gasteiger partial charge in [-0.25, -0.2) is 9.59 Å². The number of primary amides is 2. The van der Waals surface area contributed by atoms with Gasteiger partial charge < -0.3 is 26.3 Å². The fraction of sp³-hybridized carbons (Fsp3) is 0.0652. The van der Waals surface area contributed by atoms with E-state index in [-0.39, 0.29) is 12.2 Å². The molecular formula is C46H39N5O5. The van der Waals surface area contributed by atoms with E-state index in [2.05, 4.69) is 35.7 Å². The van der Waals surface area contributed by atoms with E-state index in [0.717, 1.165) is 56.3 Å². The first-order valence-corrected chi connectivity index (χ1v) is 17.8. The molecule has 0 bridgehead atoms. The molecule has 6 aromatic carbocycles. The second kappa shape index (κ2) is 16.2. The van der Waals surface area contributed by atoms with Crippen LogP contribution < -0.4 is 26.6 Å². The number of rotatable bonds is 2. The number of amides is 4. The van der Waals surface area contributed by atoms with Gasteiger partial charge in [0.25, 0.3) is 0 Å². The van der Waals surface area contributed by atoms with Crippen molar-refractivity contribution in [2.24, 2.45) is 11.5 Å². The molecule has 0 aliphatic carbocycles. The van der Waals surface area contributed by atoms with E-state index in [1.165, 1.54) is 9.80 Å². The van der Waals surface area contributed by atoms with Crippen LogP contribution in [0.1, 0.15) is 38.2 Å². The summed E-state index contributed by atoms with van der Waals surface area (Å²) in [6.07, 6.45) is 4.25. The van der Waals surface area contributed by atoms with Crippen molar-refractivity contribution in [2.75, 3.05) is 29.3 Å². The fourth-order valence-electron chi connectivity index (χ4n) is 6.94. The number of benzene rings is 6. The topological polar surface area (TPSA) is 140 Å². The van der Waals surface area contributed by atoms with E-state index in [0.29, 0.717) is 22.7 Å². The first-order valence-electron chi connectivity index (χ1n) is 17.8. The highest BCUT2D eigenvalue weighted by Gasteiger charge is 2.28. The number of carbonyl (C=O) groups excluding carboxylic acids is 3. The largest absolute Gasteiger partial charge is 0.496 e.